The standard InChI is InChI=1S/C11H13ClN4O/c1-6-2-3-17-10(6)9(16-14)8-4-7(12)5-15-11(8)13/h2-5,9,16H,14H2,1H3,(H2,13,15). The van der Waals surface area contributed by atoms with Crippen molar-refractivity contribution >= 4 is 17.4 Å². The lowest BCUT2D eigenvalue weighted by Gasteiger charge is -2.16. The van der Waals surface area contributed by atoms with E-state index in [1.54, 1.807) is 12.3 Å². The highest BCUT2D eigenvalue weighted by Gasteiger charge is 2.21. The number of nitrogen functional groups attached to an aromatic ring is 1. The molecular weight excluding hydrogens is 240 g/mol. The molecule has 5 N–H and O–H groups in total. The van der Waals surface area contributed by atoms with Crippen LogP contribution in [0.15, 0.2) is 29.0 Å². The fourth-order valence-electron chi connectivity index (χ4n) is 1.68. The molecular formula is C11H13ClN4O. The Morgan fingerprint density at radius 3 is 2.88 bits per heavy atom. The van der Waals surface area contributed by atoms with Gasteiger partial charge in [0, 0.05) is 11.8 Å². The molecule has 0 aliphatic heterocycles. The molecule has 0 radical (unpaired) electrons. The molecule has 2 aromatic rings. The number of furan rings is 1. The van der Waals surface area contributed by atoms with Crippen molar-refractivity contribution in [3.05, 3.63) is 46.5 Å². The molecule has 0 aliphatic carbocycles. The van der Waals surface area contributed by atoms with E-state index in [9.17, 15) is 0 Å². The number of anilines is 1. The highest BCUT2D eigenvalue weighted by atomic mass is 35.5. The summed E-state index contributed by atoms with van der Waals surface area (Å²) in [7, 11) is 0. The van der Waals surface area contributed by atoms with Crippen LogP contribution in [0.5, 0.6) is 0 Å². The van der Waals surface area contributed by atoms with Gasteiger partial charge in [-0.15, -0.1) is 0 Å². The van der Waals surface area contributed by atoms with Crippen LogP contribution in [-0.4, -0.2) is 4.98 Å². The van der Waals surface area contributed by atoms with Crippen LogP contribution in [0.2, 0.25) is 5.02 Å². The van der Waals surface area contributed by atoms with Gasteiger partial charge in [0.25, 0.3) is 0 Å². The van der Waals surface area contributed by atoms with Gasteiger partial charge in [-0.25, -0.2) is 10.4 Å². The number of pyridine rings is 1. The van der Waals surface area contributed by atoms with E-state index in [4.69, 9.17) is 27.6 Å². The predicted octanol–water partition coefficient (Wildman–Crippen LogP) is 1.77. The molecule has 0 amide bonds. The second-order valence-corrected chi connectivity index (χ2v) is 4.13. The minimum Gasteiger partial charge on any atom is -0.467 e. The molecule has 2 heterocycles. The maximum Gasteiger partial charge on any atom is 0.129 e. The van der Waals surface area contributed by atoms with Crippen molar-refractivity contribution in [1.29, 1.82) is 0 Å². The van der Waals surface area contributed by atoms with Gasteiger partial charge in [0.15, 0.2) is 0 Å². The lowest BCUT2D eigenvalue weighted by molar-refractivity contribution is 0.449. The van der Waals surface area contributed by atoms with Crippen LogP contribution in [0, 0.1) is 6.92 Å². The summed E-state index contributed by atoms with van der Waals surface area (Å²) in [4.78, 5) is 4.00. The monoisotopic (exact) mass is 252 g/mol. The third kappa shape index (κ3) is 2.26. The molecule has 2 aromatic heterocycles. The van der Waals surface area contributed by atoms with Crippen molar-refractivity contribution in [3.63, 3.8) is 0 Å². The van der Waals surface area contributed by atoms with E-state index in [0.717, 1.165) is 5.56 Å². The van der Waals surface area contributed by atoms with Gasteiger partial charge >= 0.3 is 0 Å². The zero-order valence-corrected chi connectivity index (χ0v) is 10.0. The first-order valence-electron chi connectivity index (χ1n) is 5.04. The Morgan fingerprint density at radius 1 is 1.53 bits per heavy atom. The first-order chi connectivity index (χ1) is 8.13. The summed E-state index contributed by atoms with van der Waals surface area (Å²) in [5.74, 6) is 6.61. The van der Waals surface area contributed by atoms with Crippen LogP contribution in [0.1, 0.15) is 22.9 Å². The zero-order valence-electron chi connectivity index (χ0n) is 9.27. The Morgan fingerprint density at radius 2 is 2.29 bits per heavy atom. The van der Waals surface area contributed by atoms with Crippen LogP contribution in [0.3, 0.4) is 0 Å². The van der Waals surface area contributed by atoms with E-state index >= 15 is 0 Å². The Balaban J connectivity index is 2.49. The Kier molecular flexibility index (Phi) is 3.33. The molecule has 0 saturated heterocycles. The third-order valence-electron chi connectivity index (χ3n) is 2.56. The summed E-state index contributed by atoms with van der Waals surface area (Å²) in [6.45, 7) is 1.93. The van der Waals surface area contributed by atoms with Gasteiger partial charge in [0.1, 0.15) is 17.6 Å². The molecule has 1 atom stereocenters. The van der Waals surface area contributed by atoms with Gasteiger partial charge in [0.05, 0.1) is 11.3 Å². The Bertz CT molecular complexity index is 526. The van der Waals surface area contributed by atoms with Gasteiger partial charge in [-0.2, -0.15) is 0 Å². The van der Waals surface area contributed by atoms with E-state index in [2.05, 4.69) is 10.4 Å². The number of aryl methyl sites for hydroxylation is 1. The van der Waals surface area contributed by atoms with E-state index in [-0.39, 0.29) is 6.04 Å². The minimum absolute atomic E-state index is 0.365. The minimum atomic E-state index is -0.365. The molecule has 6 heteroatoms. The van der Waals surface area contributed by atoms with Crippen molar-refractivity contribution in [2.24, 2.45) is 5.84 Å². The first kappa shape index (κ1) is 11.9. The van der Waals surface area contributed by atoms with Crippen molar-refractivity contribution < 1.29 is 4.42 Å². The van der Waals surface area contributed by atoms with E-state index in [1.807, 2.05) is 13.0 Å². The number of hydrogen-bond donors (Lipinski definition) is 3. The second-order valence-electron chi connectivity index (χ2n) is 3.70. The predicted molar refractivity (Wildman–Crippen MR) is 66.3 cm³/mol. The number of rotatable bonds is 3. The molecule has 90 valence electrons. The molecule has 5 nitrogen and oxygen atoms in total. The van der Waals surface area contributed by atoms with Gasteiger partial charge in [-0.05, 0) is 24.6 Å². The lowest BCUT2D eigenvalue weighted by atomic mass is 10.0. The topological polar surface area (TPSA) is 90.1 Å². The summed E-state index contributed by atoms with van der Waals surface area (Å²) in [6, 6.07) is 3.21. The van der Waals surface area contributed by atoms with Crippen LogP contribution in [0.4, 0.5) is 5.82 Å². The molecule has 0 bridgehead atoms. The lowest BCUT2D eigenvalue weighted by Crippen LogP contribution is -2.29. The maximum atomic E-state index is 5.90. The molecule has 2 rings (SSSR count). The number of hydrazine groups is 1. The number of aromatic nitrogens is 1. The number of nitrogens with zero attached hydrogens (tertiary/aromatic N) is 1. The van der Waals surface area contributed by atoms with Crippen LogP contribution in [-0.2, 0) is 0 Å². The number of halogens is 1. The molecule has 17 heavy (non-hydrogen) atoms. The summed E-state index contributed by atoms with van der Waals surface area (Å²) >= 11 is 5.90. The number of nitrogens with two attached hydrogens (primary N) is 2. The summed E-state index contributed by atoms with van der Waals surface area (Å²) < 4.78 is 5.40. The fraction of sp³-hybridized carbons (Fsp3) is 0.182. The molecule has 0 fully saturated rings. The third-order valence-corrected chi connectivity index (χ3v) is 2.76. The zero-order chi connectivity index (χ0) is 12.4. The molecule has 0 aromatic carbocycles. The van der Waals surface area contributed by atoms with Gasteiger partial charge in [-0.3, -0.25) is 5.84 Å². The van der Waals surface area contributed by atoms with Crippen LogP contribution >= 0.6 is 11.6 Å². The molecule has 0 spiro atoms. The number of nitrogens with one attached hydrogen (secondary N) is 1. The highest BCUT2D eigenvalue weighted by molar-refractivity contribution is 6.30. The highest BCUT2D eigenvalue weighted by Crippen LogP contribution is 2.29. The smallest absolute Gasteiger partial charge is 0.129 e. The molecule has 0 aliphatic rings. The van der Waals surface area contributed by atoms with E-state index in [1.165, 1.54) is 6.20 Å². The van der Waals surface area contributed by atoms with Gasteiger partial charge < -0.3 is 10.2 Å². The van der Waals surface area contributed by atoms with Gasteiger partial charge in [0.2, 0.25) is 0 Å². The quantitative estimate of drug-likeness (QED) is 0.572. The Hall–Kier alpha value is -1.56. The molecule has 1 unspecified atom stereocenters. The van der Waals surface area contributed by atoms with Crippen LogP contribution < -0.4 is 17.0 Å². The Labute approximate surface area is 104 Å². The largest absolute Gasteiger partial charge is 0.467 e. The number of hydrogen-bond acceptors (Lipinski definition) is 5. The summed E-state index contributed by atoms with van der Waals surface area (Å²) in [5, 5.41) is 0.499. The average molecular weight is 253 g/mol. The normalized spacial score (nSPS) is 12.6. The first-order valence-corrected chi connectivity index (χ1v) is 5.42. The fourth-order valence-corrected chi connectivity index (χ4v) is 1.85. The average Bonchev–Trinajstić information content (AvgIpc) is 2.71. The van der Waals surface area contributed by atoms with Crippen molar-refractivity contribution in [3.8, 4) is 0 Å². The van der Waals surface area contributed by atoms with E-state index in [0.29, 0.717) is 22.2 Å². The van der Waals surface area contributed by atoms with E-state index < -0.39 is 0 Å². The van der Waals surface area contributed by atoms with Crippen LogP contribution in [0.25, 0.3) is 0 Å². The maximum absolute atomic E-state index is 5.90. The SMILES string of the molecule is Cc1ccoc1C(NN)c1cc(Cl)cnc1N. The van der Waals surface area contributed by atoms with Gasteiger partial charge in [-0.1, -0.05) is 11.6 Å². The molecule has 0 saturated carbocycles. The van der Waals surface area contributed by atoms with Crippen molar-refractivity contribution in [2.45, 2.75) is 13.0 Å². The second kappa shape index (κ2) is 4.75. The summed E-state index contributed by atoms with van der Waals surface area (Å²) in [5.41, 5.74) is 10.1. The van der Waals surface area contributed by atoms with Crippen molar-refractivity contribution in [2.75, 3.05) is 5.73 Å². The summed E-state index contributed by atoms with van der Waals surface area (Å²) in [6.07, 6.45) is 3.09. The van der Waals surface area contributed by atoms with Crippen molar-refractivity contribution in [1.82, 2.24) is 10.4 Å².